The molecule has 3 aromatic rings. The molecule has 2 N–H and O–H groups in total. The van der Waals surface area contributed by atoms with Crippen molar-refractivity contribution < 1.29 is 4.79 Å². The summed E-state index contributed by atoms with van der Waals surface area (Å²) >= 11 is 0. The maximum atomic E-state index is 12.1. The molecule has 0 spiro atoms. The van der Waals surface area contributed by atoms with Gasteiger partial charge < -0.3 is 10.6 Å². The second-order valence-corrected chi connectivity index (χ2v) is 5.69. The number of aryl methyl sites for hydroxylation is 1. The molecule has 128 valence electrons. The normalized spacial score (nSPS) is 11.8. The highest BCUT2D eigenvalue weighted by molar-refractivity contribution is 5.74. The fourth-order valence-electron chi connectivity index (χ4n) is 2.44. The van der Waals surface area contributed by atoms with Crippen molar-refractivity contribution in [2.24, 2.45) is 0 Å². The lowest BCUT2D eigenvalue weighted by atomic mass is 10.1. The van der Waals surface area contributed by atoms with E-state index >= 15 is 0 Å². The van der Waals surface area contributed by atoms with Crippen LogP contribution in [-0.2, 0) is 6.54 Å². The van der Waals surface area contributed by atoms with Crippen molar-refractivity contribution in [1.82, 2.24) is 30.4 Å². The summed E-state index contributed by atoms with van der Waals surface area (Å²) in [5.74, 6) is 0.686. The van der Waals surface area contributed by atoms with Gasteiger partial charge in [-0.1, -0.05) is 12.1 Å². The molecule has 0 radical (unpaired) electrons. The lowest BCUT2D eigenvalue weighted by molar-refractivity contribution is 0.237. The summed E-state index contributed by atoms with van der Waals surface area (Å²) in [5.41, 5.74) is 2.77. The maximum absolute atomic E-state index is 12.1. The van der Waals surface area contributed by atoms with Crippen LogP contribution in [0, 0.1) is 6.92 Å². The first-order chi connectivity index (χ1) is 12.1. The largest absolute Gasteiger partial charge is 0.332 e. The van der Waals surface area contributed by atoms with E-state index in [-0.39, 0.29) is 12.1 Å². The molecule has 25 heavy (non-hydrogen) atoms. The van der Waals surface area contributed by atoms with Gasteiger partial charge in [-0.15, -0.1) is 0 Å². The highest BCUT2D eigenvalue weighted by Crippen LogP contribution is 2.15. The fourth-order valence-corrected chi connectivity index (χ4v) is 2.44. The van der Waals surface area contributed by atoms with Crippen molar-refractivity contribution in [1.29, 1.82) is 0 Å². The minimum Gasteiger partial charge on any atom is -0.332 e. The Balaban J connectivity index is 1.54. The summed E-state index contributed by atoms with van der Waals surface area (Å²) in [5, 5.41) is 9.92. The minimum absolute atomic E-state index is 0.112. The van der Waals surface area contributed by atoms with Gasteiger partial charge in [0.2, 0.25) is 0 Å². The Morgan fingerprint density at radius 2 is 2.00 bits per heavy atom. The van der Waals surface area contributed by atoms with Crippen molar-refractivity contribution in [3.05, 3.63) is 72.1 Å². The second-order valence-electron chi connectivity index (χ2n) is 5.69. The number of amides is 2. The van der Waals surface area contributed by atoms with Crippen LogP contribution in [0.5, 0.6) is 0 Å². The average Bonchev–Trinajstić information content (AvgIpc) is 3.15. The van der Waals surface area contributed by atoms with Crippen LogP contribution < -0.4 is 10.6 Å². The summed E-state index contributed by atoms with van der Waals surface area (Å²) in [4.78, 5) is 20.3. The summed E-state index contributed by atoms with van der Waals surface area (Å²) in [7, 11) is 0. The second kappa shape index (κ2) is 7.57. The van der Waals surface area contributed by atoms with Crippen molar-refractivity contribution >= 4 is 6.03 Å². The average molecular weight is 336 g/mol. The molecule has 2 aromatic heterocycles. The van der Waals surface area contributed by atoms with E-state index in [1.165, 1.54) is 0 Å². The Labute approximate surface area is 146 Å². The van der Waals surface area contributed by atoms with E-state index in [1.807, 2.05) is 50.4 Å². The number of benzene rings is 1. The molecule has 0 fully saturated rings. The van der Waals surface area contributed by atoms with E-state index in [2.05, 4.69) is 25.7 Å². The first kappa shape index (κ1) is 16.6. The zero-order valence-electron chi connectivity index (χ0n) is 14.2. The van der Waals surface area contributed by atoms with Crippen LogP contribution in [0.4, 0.5) is 4.79 Å². The topological polar surface area (TPSA) is 84.7 Å². The molecule has 1 atom stereocenters. The lowest BCUT2D eigenvalue weighted by Gasteiger charge is -2.15. The Bertz CT molecular complexity index is 829. The predicted octanol–water partition coefficient (Wildman–Crippen LogP) is 2.53. The zero-order valence-corrected chi connectivity index (χ0v) is 14.2. The summed E-state index contributed by atoms with van der Waals surface area (Å²) in [6.07, 6.45) is 5.31. The third-order valence-electron chi connectivity index (χ3n) is 3.77. The molecule has 0 bridgehead atoms. The van der Waals surface area contributed by atoms with Crippen LogP contribution in [0.2, 0.25) is 0 Å². The molecule has 7 nitrogen and oxygen atoms in total. The van der Waals surface area contributed by atoms with E-state index < -0.39 is 0 Å². The summed E-state index contributed by atoms with van der Waals surface area (Å²) < 4.78 is 1.79. The summed E-state index contributed by atoms with van der Waals surface area (Å²) in [6, 6.07) is 11.2. The van der Waals surface area contributed by atoms with Gasteiger partial charge in [0.1, 0.15) is 5.82 Å². The van der Waals surface area contributed by atoms with Gasteiger partial charge in [0.25, 0.3) is 0 Å². The van der Waals surface area contributed by atoms with Crippen LogP contribution >= 0.6 is 0 Å². The lowest BCUT2D eigenvalue weighted by Crippen LogP contribution is -2.36. The molecule has 1 aromatic carbocycles. The minimum atomic E-state index is -0.236. The van der Waals surface area contributed by atoms with Gasteiger partial charge in [-0.3, -0.25) is 0 Å². The smallest absolute Gasteiger partial charge is 0.315 e. The highest BCUT2D eigenvalue weighted by atomic mass is 16.2. The van der Waals surface area contributed by atoms with Crippen molar-refractivity contribution in [2.45, 2.75) is 26.4 Å². The number of nitrogens with zero attached hydrogens (tertiary/aromatic N) is 4. The maximum Gasteiger partial charge on any atom is 0.315 e. The Morgan fingerprint density at radius 3 is 2.68 bits per heavy atom. The number of carbonyl (C=O) groups excluding carboxylic acids is 1. The molecule has 0 saturated heterocycles. The van der Waals surface area contributed by atoms with Gasteiger partial charge in [0.05, 0.1) is 24.0 Å². The van der Waals surface area contributed by atoms with Crippen molar-refractivity contribution in [2.75, 3.05) is 0 Å². The monoisotopic (exact) mass is 336 g/mol. The van der Waals surface area contributed by atoms with Gasteiger partial charge in [-0.05, 0) is 43.7 Å². The standard InChI is InChI=1S/C18H20N6O/c1-13(15-4-6-17(7-5-15)24-11-3-9-21-24)22-18(25)20-12-16-8-10-19-14(2)23-16/h3-11,13H,12H2,1-2H3,(H2,20,22,25)/t13-/m0/s1. The molecular weight excluding hydrogens is 316 g/mol. The number of hydrogen-bond acceptors (Lipinski definition) is 4. The Hall–Kier alpha value is -3.22. The van der Waals surface area contributed by atoms with E-state index in [0.29, 0.717) is 12.4 Å². The van der Waals surface area contributed by atoms with Gasteiger partial charge in [-0.25, -0.2) is 19.4 Å². The van der Waals surface area contributed by atoms with Crippen LogP contribution in [0.25, 0.3) is 5.69 Å². The van der Waals surface area contributed by atoms with E-state index in [9.17, 15) is 4.79 Å². The van der Waals surface area contributed by atoms with Crippen LogP contribution in [0.15, 0.2) is 55.0 Å². The fraction of sp³-hybridized carbons (Fsp3) is 0.222. The number of carbonyl (C=O) groups is 1. The number of rotatable bonds is 5. The predicted molar refractivity (Wildman–Crippen MR) is 94.1 cm³/mol. The first-order valence-corrected chi connectivity index (χ1v) is 8.04. The first-order valence-electron chi connectivity index (χ1n) is 8.04. The zero-order chi connectivity index (χ0) is 17.6. The van der Waals surface area contributed by atoms with Crippen LogP contribution in [-0.4, -0.2) is 25.8 Å². The number of urea groups is 1. The Morgan fingerprint density at radius 1 is 1.20 bits per heavy atom. The quantitative estimate of drug-likeness (QED) is 0.750. The molecule has 7 heteroatoms. The Kier molecular flexibility index (Phi) is 5.03. The number of aromatic nitrogens is 4. The number of nitrogens with one attached hydrogen (secondary N) is 2. The van der Waals surface area contributed by atoms with Gasteiger partial charge in [0.15, 0.2) is 0 Å². The summed E-state index contributed by atoms with van der Waals surface area (Å²) in [6.45, 7) is 4.12. The molecule has 2 amide bonds. The molecule has 0 aliphatic carbocycles. The number of hydrogen-bond donors (Lipinski definition) is 2. The molecule has 0 unspecified atom stereocenters. The van der Waals surface area contributed by atoms with Gasteiger partial charge >= 0.3 is 6.03 Å². The molecule has 0 saturated carbocycles. The molecular formula is C18H20N6O. The molecule has 0 aliphatic heterocycles. The molecule has 2 heterocycles. The van der Waals surface area contributed by atoms with Gasteiger partial charge in [-0.2, -0.15) is 5.10 Å². The van der Waals surface area contributed by atoms with Crippen LogP contribution in [0.1, 0.15) is 30.0 Å². The van der Waals surface area contributed by atoms with E-state index in [4.69, 9.17) is 0 Å². The van der Waals surface area contributed by atoms with Gasteiger partial charge in [0, 0.05) is 18.6 Å². The van der Waals surface area contributed by atoms with E-state index in [1.54, 1.807) is 23.1 Å². The van der Waals surface area contributed by atoms with Crippen molar-refractivity contribution in [3.8, 4) is 5.69 Å². The highest BCUT2D eigenvalue weighted by Gasteiger charge is 2.10. The third-order valence-corrected chi connectivity index (χ3v) is 3.77. The SMILES string of the molecule is Cc1nccc(CNC(=O)N[C@@H](C)c2ccc(-n3cccn3)cc2)n1. The van der Waals surface area contributed by atoms with Crippen LogP contribution in [0.3, 0.4) is 0 Å². The third kappa shape index (κ3) is 4.41. The molecule has 3 rings (SSSR count). The van der Waals surface area contributed by atoms with E-state index in [0.717, 1.165) is 16.9 Å². The molecule has 0 aliphatic rings. The van der Waals surface area contributed by atoms with Crippen molar-refractivity contribution in [3.63, 3.8) is 0 Å².